The first-order valence-corrected chi connectivity index (χ1v) is 14.5. The fourth-order valence-electron chi connectivity index (χ4n) is 6.77. The summed E-state index contributed by atoms with van der Waals surface area (Å²) < 4.78 is 2.41. The van der Waals surface area contributed by atoms with Gasteiger partial charge in [-0.2, -0.15) is 0 Å². The highest BCUT2D eigenvalue weighted by atomic mass is 35.5. The van der Waals surface area contributed by atoms with Gasteiger partial charge in [0.15, 0.2) is 5.11 Å². The Bertz CT molecular complexity index is 1240. The molecule has 3 aromatic rings. The van der Waals surface area contributed by atoms with Crippen LogP contribution >= 0.6 is 23.8 Å². The average Bonchev–Trinajstić information content (AvgIpc) is 3.63. The molecule has 0 radical (unpaired) electrons. The molecule has 5 nitrogen and oxygen atoms in total. The molecule has 0 bridgehead atoms. The standard InChI is InChI=1S/C30H36ClN5S/c1-20-15-21(2)18-35(17-20)27-11-10-24(16-25(27)31)36-29(22-12-14-34(19-22)23-7-3-4-8-23)28(33-30(36)37)26-9-5-6-13-32-26/h5-6,9-14,16,19-21,23,28-29H,3-4,7-8,15,17-18H2,1-2H3,(H,33,37)/t20-,21+,28-,29+/m0/s1. The molecule has 2 aliphatic heterocycles. The molecule has 194 valence electrons. The summed E-state index contributed by atoms with van der Waals surface area (Å²) in [5, 5.41) is 5.08. The van der Waals surface area contributed by atoms with E-state index in [1.54, 1.807) is 0 Å². The molecule has 1 N–H and O–H groups in total. The Morgan fingerprint density at radius 2 is 1.81 bits per heavy atom. The van der Waals surface area contributed by atoms with Crippen molar-refractivity contribution in [2.24, 2.45) is 11.8 Å². The van der Waals surface area contributed by atoms with E-state index < -0.39 is 0 Å². The Morgan fingerprint density at radius 1 is 1.03 bits per heavy atom. The van der Waals surface area contributed by atoms with E-state index in [2.05, 4.69) is 76.3 Å². The Balaban J connectivity index is 1.36. The van der Waals surface area contributed by atoms with Crippen molar-refractivity contribution in [3.63, 3.8) is 0 Å². The molecule has 0 unspecified atom stereocenters. The lowest BCUT2D eigenvalue weighted by Crippen LogP contribution is -2.38. The quantitative estimate of drug-likeness (QED) is 0.348. The van der Waals surface area contributed by atoms with Crippen LogP contribution in [0.3, 0.4) is 0 Å². The number of hydrogen-bond donors (Lipinski definition) is 1. The van der Waals surface area contributed by atoms with Gasteiger partial charge in [-0.15, -0.1) is 0 Å². The van der Waals surface area contributed by atoms with Gasteiger partial charge in [0, 0.05) is 43.4 Å². The van der Waals surface area contributed by atoms with Gasteiger partial charge in [-0.3, -0.25) is 4.98 Å². The fourth-order valence-corrected chi connectivity index (χ4v) is 7.41. The van der Waals surface area contributed by atoms with Crippen LogP contribution in [0.15, 0.2) is 61.1 Å². The molecule has 0 spiro atoms. The second kappa shape index (κ2) is 10.3. The summed E-state index contributed by atoms with van der Waals surface area (Å²) in [6.45, 7) is 6.76. The first-order chi connectivity index (χ1) is 18.0. The number of benzene rings is 1. The number of anilines is 2. The lowest BCUT2D eigenvalue weighted by molar-refractivity contribution is 0.357. The van der Waals surface area contributed by atoms with E-state index in [0.29, 0.717) is 23.0 Å². The van der Waals surface area contributed by atoms with E-state index >= 15 is 0 Å². The van der Waals surface area contributed by atoms with Crippen LogP contribution < -0.4 is 15.1 Å². The van der Waals surface area contributed by atoms with Crippen LogP contribution in [0.5, 0.6) is 0 Å². The third kappa shape index (κ3) is 4.86. The Labute approximate surface area is 230 Å². The number of nitrogens with zero attached hydrogens (tertiary/aromatic N) is 4. The first kappa shape index (κ1) is 24.7. The number of thiocarbonyl (C=S) groups is 1. The van der Waals surface area contributed by atoms with Gasteiger partial charge in [-0.05, 0) is 85.3 Å². The van der Waals surface area contributed by atoms with E-state index in [4.69, 9.17) is 28.8 Å². The maximum atomic E-state index is 6.97. The molecule has 37 heavy (non-hydrogen) atoms. The minimum absolute atomic E-state index is 0.0120. The Hall–Kier alpha value is -2.57. The summed E-state index contributed by atoms with van der Waals surface area (Å²) in [5.74, 6) is 1.34. The monoisotopic (exact) mass is 533 g/mol. The van der Waals surface area contributed by atoms with E-state index in [1.165, 1.54) is 37.7 Å². The summed E-state index contributed by atoms with van der Waals surface area (Å²) in [6, 6.07) is 15.3. The van der Waals surface area contributed by atoms with Crippen LogP contribution in [0.1, 0.15) is 75.3 Å². The molecular formula is C30H36ClN5S. The van der Waals surface area contributed by atoms with E-state index in [1.807, 2.05) is 18.3 Å². The zero-order chi connectivity index (χ0) is 25.5. The predicted molar refractivity (Wildman–Crippen MR) is 156 cm³/mol. The van der Waals surface area contributed by atoms with Crippen LogP contribution in [0.25, 0.3) is 0 Å². The average molecular weight is 534 g/mol. The fraction of sp³-hybridized carbons (Fsp3) is 0.467. The van der Waals surface area contributed by atoms with Crippen molar-refractivity contribution in [2.75, 3.05) is 22.9 Å². The van der Waals surface area contributed by atoms with E-state index in [-0.39, 0.29) is 12.1 Å². The van der Waals surface area contributed by atoms with Crippen molar-refractivity contribution in [2.45, 2.75) is 64.1 Å². The molecule has 1 aromatic carbocycles. The van der Waals surface area contributed by atoms with Crippen LogP contribution in [-0.2, 0) is 0 Å². The summed E-state index contributed by atoms with van der Waals surface area (Å²) in [6.07, 6.45) is 12.8. The van der Waals surface area contributed by atoms with Gasteiger partial charge in [0.2, 0.25) is 0 Å². The summed E-state index contributed by atoms with van der Waals surface area (Å²) in [4.78, 5) is 9.38. The SMILES string of the molecule is C[C@@H]1C[C@H](C)CN(c2ccc(N3C(=S)N[C@@H](c4ccccn4)[C@H]3c3ccn(C4CCCC4)c3)cc2Cl)C1. The highest BCUT2D eigenvalue weighted by Gasteiger charge is 2.41. The normalized spacial score (nSPS) is 26.6. The summed E-state index contributed by atoms with van der Waals surface area (Å²) >= 11 is 12.9. The lowest BCUT2D eigenvalue weighted by Gasteiger charge is -2.37. The van der Waals surface area contributed by atoms with Gasteiger partial charge in [0.1, 0.15) is 0 Å². The zero-order valence-electron chi connectivity index (χ0n) is 21.7. The van der Waals surface area contributed by atoms with Gasteiger partial charge in [0.25, 0.3) is 0 Å². The number of aromatic nitrogens is 2. The van der Waals surface area contributed by atoms with Crippen molar-refractivity contribution in [3.8, 4) is 0 Å². The smallest absolute Gasteiger partial charge is 0.174 e. The van der Waals surface area contributed by atoms with Gasteiger partial charge in [0.05, 0.1) is 28.5 Å². The number of nitrogens with one attached hydrogen (secondary N) is 1. The summed E-state index contributed by atoms with van der Waals surface area (Å²) in [5.41, 5.74) is 4.37. The van der Waals surface area contributed by atoms with Crippen molar-refractivity contribution >= 4 is 40.3 Å². The van der Waals surface area contributed by atoms with Crippen molar-refractivity contribution in [1.82, 2.24) is 14.9 Å². The van der Waals surface area contributed by atoms with E-state index in [9.17, 15) is 0 Å². The van der Waals surface area contributed by atoms with Crippen LogP contribution in [-0.4, -0.2) is 27.8 Å². The zero-order valence-corrected chi connectivity index (χ0v) is 23.3. The topological polar surface area (TPSA) is 36.3 Å². The van der Waals surface area contributed by atoms with Gasteiger partial charge in [-0.1, -0.05) is 44.4 Å². The molecule has 2 saturated heterocycles. The van der Waals surface area contributed by atoms with Crippen molar-refractivity contribution in [3.05, 3.63) is 77.3 Å². The first-order valence-electron chi connectivity index (χ1n) is 13.7. The molecule has 2 aromatic heterocycles. The lowest BCUT2D eigenvalue weighted by atomic mass is 9.91. The molecule has 3 fully saturated rings. The molecule has 7 heteroatoms. The number of pyridine rings is 1. The number of halogens is 1. The third-order valence-electron chi connectivity index (χ3n) is 8.34. The van der Waals surface area contributed by atoms with Gasteiger partial charge in [-0.25, -0.2) is 0 Å². The molecule has 4 atom stereocenters. The minimum atomic E-state index is -0.0460. The maximum absolute atomic E-state index is 6.97. The number of piperidine rings is 1. The van der Waals surface area contributed by atoms with Gasteiger partial charge < -0.3 is 19.7 Å². The minimum Gasteiger partial charge on any atom is -0.370 e. The molecule has 6 rings (SSSR count). The third-order valence-corrected chi connectivity index (χ3v) is 8.96. The number of rotatable bonds is 5. The largest absolute Gasteiger partial charge is 0.370 e. The maximum Gasteiger partial charge on any atom is 0.174 e. The molecule has 1 aliphatic carbocycles. The molecular weight excluding hydrogens is 498 g/mol. The van der Waals surface area contributed by atoms with Crippen LogP contribution in [0, 0.1) is 11.8 Å². The molecule has 3 aliphatic rings. The molecule has 0 amide bonds. The van der Waals surface area contributed by atoms with Crippen molar-refractivity contribution < 1.29 is 0 Å². The summed E-state index contributed by atoms with van der Waals surface area (Å²) in [7, 11) is 0. The highest BCUT2D eigenvalue weighted by molar-refractivity contribution is 7.80. The highest BCUT2D eigenvalue weighted by Crippen LogP contribution is 2.44. The number of hydrogen-bond acceptors (Lipinski definition) is 3. The second-order valence-corrected chi connectivity index (χ2v) is 12.1. The van der Waals surface area contributed by atoms with Crippen LogP contribution in [0.2, 0.25) is 5.02 Å². The second-order valence-electron chi connectivity index (χ2n) is 11.3. The van der Waals surface area contributed by atoms with Crippen LogP contribution in [0.4, 0.5) is 11.4 Å². The Morgan fingerprint density at radius 3 is 2.51 bits per heavy atom. The van der Waals surface area contributed by atoms with Crippen molar-refractivity contribution in [1.29, 1.82) is 0 Å². The Kier molecular flexibility index (Phi) is 6.89. The van der Waals surface area contributed by atoms with Gasteiger partial charge >= 0.3 is 0 Å². The molecule has 4 heterocycles. The molecule has 1 saturated carbocycles. The predicted octanol–water partition coefficient (Wildman–Crippen LogP) is 7.31. The van der Waals surface area contributed by atoms with E-state index in [0.717, 1.165) is 35.2 Å².